The summed E-state index contributed by atoms with van der Waals surface area (Å²) in [6.07, 6.45) is 0.262. The number of hydrogen-bond donors (Lipinski definition) is 2. The second-order valence-electron chi connectivity index (χ2n) is 4.95. The predicted octanol–water partition coefficient (Wildman–Crippen LogP) is 1.86. The Morgan fingerprint density at radius 3 is 2.32 bits per heavy atom. The molecular formula is C13H17NO5. The molecule has 1 aromatic heterocycles. The molecule has 6 nitrogen and oxygen atoms in total. The molecule has 0 aliphatic rings. The number of carboxylic acids is 1. The average Bonchev–Trinajstić information content (AvgIpc) is 2.75. The first-order valence-electron chi connectivity index (χ1n) is 5.86. The summed E-state index contributed by atoms with van der Waals surface area (Å²) in [4.78, 5) is 33.4. The van der Waals surface area contributed by atoms with Crippen LogP contribution in [-0.2, 0) is 4.79 Å². The Hall–Kier alpha value is -2.11. The van der Waals surface area contributed by atoms with Gasteiger partial charge in [-0.1, -0.05) is 0 Å². The Balaban J connectivity index is 2.67. The van der Waals surface area contributed by atoms with Crippen LogP contribution in [0.2, 0.25) is 0 Å². The van der Waals surface area contributed by atoms with Gasteiger partial charge in [0.15, 0.2) is 17.3 Å². The van der Waals surface area contributed by atoms with E-state index in [0.29, 0.717) is 6.42 Å². The van der Waals surface area contributed by atoms with E-state index < -0.39 is 17.4 Å². The fourth-order valence-electron chi connectivity index (χ4n) is 1.50. The van der Waals surface area contributed by atoms with Crippen molar-refractivity contribution < 1.29 is 23.9 Å². The number of hydrogen-bond acceptors (Lipinski definition) is 4. The molecule has 0 aliphatic heterocycles. The molecule has 1 amide bonds. The fourth-order valence-corrected chi connectivity index (χ4v) is 1.50. The Morgan fingerprint density at radius 1 is 1.26 bits per heavy atom. The van der Waals surface area contributed by atoms with Crippen LogP contribution in [0.15, 0.2) is 16.5 Å². The van der Waals surface area contributed by atoms with Crippen molar-refractivity contribution in [3.05, 3.63) is 23.7 Å². The van der Waals surface area contributed by atoms with Gasteiger partial charge in [-0.3, -0.25) is 14.4 Å². The van der Waals surface area contributed by atoms with Crippen molar-refractivity contribution in [3.63, 3.8) is 0 Å². The second kappa shape index (κ2) is 5.69. The van der Waals surface area contributed by atoms with Crippen LogP contribution < -0.4 is 5.32 Å². The van der Waals surface area contributed by atoms with Crippen LogP contribution in [0.25, 0.3) is 0 Å². The molecule has 0 saturated carbocycles. The van der Waals surface area contributed by atoms with E-state index in [1.165, 1.54) is 19.1 Å². The van der Waals surface area contributed by atoms with E-state index in [1.807, 2.05) is 0 Å². The number of rotatable bonds is 6. The Morgan fingerprint density at radius 2 is 1.84 bits per heavy atom. The number of furan rings is 1. The zero-order chi connectivity index (χ0) is 14.6. The molecule has 1 heterocycles. The second-order valence-corrected chi connectivity index (χ2v) is 4.95. The molecule has 0 saturated heterocycles. The van der Waals surface area contributed by atoms with Crippen LogP contribution in [0.4, 0.5) is 0 Å². The molecule has 0 bridgehead atoms. The lowest BCUT2D eigenvalue weighted by Crippen LogP contribution is -2.43. The summed E-state index contributed by atoms with van der Waals surface area (Å²) in [7, 11) is 0. The monoisotopic (exact) mass is 267 g/mol. The maximum Gasteiger partial charge on any atom is 0.303 e. The van der Waals surface area contributed by atoms with E-state index in [0.717, 1.165) is 0 Å². The number of carbonyl (C=O) groups excluding carboxylic acids is 2. The number of ketones is 1. The summed E-state index contributed by atoms with van der Waals surface area (Å²) < 4.78 is 5.10. The number of amides is 1. The number of Topliss-reactive ketones (excluding diaryl/α,β-unsaturated/α-hetero) is 1. The van der Waals surface area contributed by atoms with Gasteiger partial charge in [-0.15, -0.1) is 0 Å². The first-order chi connectivity index (χ1) is 8.71. The third-order valence-electron chi connectivity index (χ3n) is 2.59. The third-order valence-corrected chi connectivity index (χ3v) is 2.59. The molecule has 0 spiro atoms. The van der Waals surface area contributed by atoms with Crippen LogP contribution in [0.5, 0.6) is 0 Å². The summed E-state index contributed by atoms with van der Waals surface area (Å²) in [5, 5.41) is 11.3. The van der Waals surface area contributed by atoms with E-state index in [9.17, 15) is 14.4 Å². The van der Waals surface area contributed by atoms with Crippen molar-refractivity contribution in [1.29, 1.82) is 0 Å². The number of carboxylic acid groups (broad SMARTS) is 1. The number of aliphatic carboxylic acids is 1. The molecule has 0 aromatic carbocycles. The molecule has 6 heteroatoms. The summed E-state index contributed by atoms with van der Waals surface area (Å²) in [6, 6.07) is 2.85. The number of carbonyl (C=O) groups is 3. The SMILES string of the molecule is CC(=O)c1ccc(C(=O)NC(C)(C)CCC(=O)O)o1. The normalized spacial score (nSPS) is 11.1. The minimum atomic E-state index is -0.917. The van der Waals surface area contributed by atoms with Gasteiger partial charge in [-0.05, 0) is 32.4 Å². The Labute approximate surface area is 110 Å². The van der Waals surface area contributed by atoms with Gasteiger partial charge in [-0.2, -0.15) is 0 Å². The van der Waals surface area contributed by atoms with Gasteiger partial charge in [0.25, 0.3) is 5.91 Å². The van der Waals surface area contributed by atoms with Crippen molar-refractivity contribution in [2.45, 2.75) is 39.2 Å². The summed E-state index contributed by atoms with van der Waals surface area (Å²) in [5.74, 6) is -1.49. The quantitative estimate of drug-likeness (QED) is 0.767. The van der Waals surface area contributed by atoms with Gasteiger partial charge in [0.05, 0.1) is 0 Å². The molecule has 0 unspecified atom stereocenters. The van der Waals surface area contributed by atoms with Crippen molar-refractivity contribution in [1.82, 2.24) is 5.32 Å². The topological polar surface area (TPSA) is 96.6 Å². The summed E-state index contributed by atoms with van der Waals surface area (Å²) >= 11 is 0. The van der Waals surface area contributed by atoms with E-state index in [4.69, 9.17) is 9.52 Å². The fraction of sp³-hybridized carbons (Fsp3) is 0.462. The van der Waals surface area contributed by atoms with Crippen molar-refractivity contribution in [2.75, 3.05) is 0 Å². The van der Waals surface area contributed by atoms with Crippen molar-refractivity contribution in [3.8, 4) is 0 Å². The molecule has 2 N–H and O–H groups in total. The molecule has 0 atom stereocenters. The number of nitrogens with one attached hydrogen (secondary N) is 1. The van der Waals surface area contributed by atoms with Crippen LogP contribution in [0.3, 0.4) is 0 Å². The lowest BCUT2D eigenvalue weighted by atomic mass is 9.98. The van der Waals surface area contributed by atoms with Crippen LogP contribution >= 0.6 is 0 Å². The highest BCUT2D eigenvalue weighted by Gasteiger charge is 2.24. The lowest BCUT2D eigenvalue weighted by molar-refractivity contribution is -0.137. The summed E-state index contributed by atoms with van der Waals surface area (Å²) in [6.45, 7) is 4.79. The van der Waals surface area contributed by atoms with Gasteiger partial charge >= 0.3 is 5.97 Å². The van der Waals surface area contributed by atoms with Crippen LogP contribution in [0, 0.1) is 0 Å². The third kappa shape index (κ3) is 4.57. The molecule has 19 heavy (non-hydrogen) atoms. The molecule has 1 aromatic rings. The van der Waals surface area contributed by atoms with E-state index in [1.54, 1.807) is 13.8 Å². The minimum Gasteiger partial charge on any atom is -0.481 e. The van der Waals surface area contributed by atoms with Crippen LogP contribution in [0.1, 0.15) is 54.7 Å². The highest BCUT2D eigenvalue weighted by molar-refractivity contribution is 5.95. The van der Waals surface area contributed by atoms with Gasteiger partial charge in [0.2, 0.25) is 0 Å². The smallest absolute Gasteiger partial charge is 0.303 e. The molecule has 0 fully saturated rings. The Kier molecular flexibility index (Phi) is 4.47. The molecular weight excluding hydrogens is 250 g/mol. The molecule has 0 radical (unpaired) electrons. The van der Waals surface area contributed by atoms with E-state index in [-0.39, 0.29) is 23.7 Å². The standard InChI is InChI=1S/C13H17NO5/c1-8(15)9-4-5-10(19-9)12(18)14-13(2,3)7-6-11(16)17/h4-5H,6-7H2,1-3H3,(H,14,18)(H,16,17). The van der Waals surface area contributed by atoms with Gasteiger partial charge in [0.1, 0.15) is 0 Å². The maximum absolute atomic E-state index is 11.9. The van der Waals surface area contributed by atoms with Gasteiger partial charge < -0.3 is 14.8 Å². The lowest BCUT2D eigenvalue weighted by Gasteiger charge is -2.24. The van der Waals surface area contributed by atoms with Crippen LogP contribution in [-0.4, -0.2) is 28.3 Å². The first kappa shape index (κ1) is 14.9. The predicted molar refractivity (Wildman–Crippen MR) is 67.1 cm³/mol. The van der Waals surface area contributed by atoms with Crippen molar-refractivity contribution >= 4 is 17.7 Å². The molecule has 0 aliphatic carbocycles. The largest absolute Gasteiger partial charge is 0.481 e. The van der Waals surface area contributed by atoms with Gasteiger partial charge in [0, 0.05) is 18.9 Å². The molecule has 1 rings (SSSR count). The highest BCUT2D eigenvalue weighted by atomic mass is 16.4. The van der Waals surface area contributed by atoms with Crippen molar-refractivity contribution in [2.24, 2.45) is 0 Å². The molecule has 104 valence electrons. The minimum absolute atomic E-state index is 0.0357. The van der Waals surface area contributed by atoms with E-state index in [2.05, 4.69) is 5.32 Å². The highest BCUT2D eigenvalue weighted by Crippen LogP contribution is 2.14. The van der Waals surface area contributed by atoms with Gasteiger partial charge in [-0.25, -0.2) is 0 Å². The average molecular weight is 267 g/mol. The zero-order valence-electron chi connectivity index (χ0n) is 11.1. The zero-order valence-corrected chi connectivity index (χ0v) is 11.1. The first-order valence-corrected chi connectivity index (χ1v) is 5.86. The summed E-state index contributed by atoms with van der Waals surface area (Å²) in [5.41, 5.74) is -0.668. The Bertz CT molecular complexity index is 501. The van der Waals surface area contributed by atoms with E-state index >= 15 is 0 Å². The maximum atomic E-state index is 11.9.